The third-order valence-electron chi connectivity index (χ3n) is 5.24. The van der Waals surface area contributed by atoms with Crippen molar-refractivity contribution in [3.63, 3.8) is 0 Å². The van der Waals surface area contributed by atoms with Gasteiger partial charge in [-0.1, -0.05) is 12.5 Å². The standard InChI is InChI=1S/C19H25N3O6S3/c1-14-5-3-6-15(2)22(14)31(27,28)17-11-9-16(10-12-17)21-30(25,26)19-8-4-7-18(13-19)29(20,23)24/h4,7-15,21H,3,5-6H2,1-2H3,(H2,20,23,24). The van der Waals surface area contributed by atoms with Crippen molar-refractivity contribution in [2.75, 3.05) is 4.72 Å². The fourth-order valence-electron chi connectivity index (χ4n) is 3.72. The van der Waals surface area contributed by atoms with Gasteiger partial charge in [0.15, 0.2) is 0 Å². The van der Waals surface area contributed by atoms with Crippen LogP contribution in [0, 0.1) is 0 Å². The first-order chi connectivity index (χ1) is 14.3. The van der Waals surface area contributed by atoms with Crippen LogP contribution in [0.2, 0.25) is 0 Å². The van der Waals surface area contributed by atoms with Gasteiger partial charge >= 0.3 is 0 Å². The number of nitrogens with zero attached hydrogens (tertiary/aromatic N) is 1. The molecule has 170 valence electrons. The molecule has 3 rings (SSSR count). The topological polar surface area (TPSA) is 144 Å². The predicted molar refractivity (Wildman–Crippen MR) is 117 cm³/mol. The van der Waals surface area contributed by atoms with Crippen LogP contribution in [0.1, 0.15) is 33.1 Å². The number of rotatable bonds is 6. The molecule has 31 heavy (non-hydrogen) atoms. The van der Waals surface area contributed by atoms with Gasteiger partial charge in [0.25, 0.3) is 10.0 Å². The van der Waals surface area contributed by atoms with Crippen molar-refractivity contribution >= 4 is 35.8 Å². The Morgan fingerprint density at radius 1 is 0.839 bits per heavy atom. The number of hydrogen-bond acceptors (Lipinski definition) is 6. The van der Waals surface area contributed by atoms with E-state index in [-0.39, 0.29) is 32.5 Å². The molecule has 1 aliphatic rings. The molecular weight excluding hydrogens is 462 g/mol. The Morgan fingerprint density at radius 2 is 1.39 bits per heavy atom. The predicted octanol–water partition coefficient (Wildman–Crippen LogP) is 2.09. The van der Waals surface area contributed by atoms with Gasteiger partial charge in [-0.2, -0.15) is 4.31 Å². The highest BCUT2D eigenvalue weighted by atomic mass is 32.2. The Kier molecular flexibility index (Phi) is 6.50. The molecule has 0 spiro atoms. The van der Waals surface area contributed by atoms with Crippen molar-refractivity contribution in [2.45, 2.75) is 59.9 Å². The van der Waals surface area contributed by atoms with Gasteiger partial charge in [0.2, 0.25) is 20.0 Å². The number of piperidine rings is 1. The molecule has 0 amide bonds. The molecule has 9 nitrogen and oxygen atoms in total. The van der Waals surface area contributed by atoms with Crippen molar-refractivity contribution < 1.29 is 25.3 Å². The Balaban J connectivity index is 1.85. The molecule has 2 unspecified atom stereocenters. The third-order valence-corrected chi connectivity index (χ3v) is 9.67. The summed E-state index contributed by atoms with van der Waals surface area (Å²) in [6, 6.07) is 9.83. The lowest BCUT2D eigenvalue weighted by Gasteiger charge is -2.37. The van der Waals surface area contributed by atoms with E-state index >= 15 is 0 Å². The van der Waals surface area contributed by atoms with Crippen LogP contribution in [0.15, 0.2) is 63.2 Å². The number of primary sulfonamides is 1. The van der Waals surface area contributed by atoms with E-state index in [1.165, 1.54) is 46.8 Å². The first-order valence-electron chi connectivity index (χ1n) is 9.62. The van der Waals surface area contributed by atoms with Gasteiger partial charge in [0.1, 0.15) is 0 Å². The second-order valence-corrected chi connectivity index (χ2v) is 12.7. The fraction of sp³-hybridized carbons (Fsp3) is 0.368. The molecule has 2 aromatic rings. The lowest BCUT2D eigenvalue weighted by Crippen LogP contribution is -2.47. The largest absolute Gasteiger partial charge is 0.280 e. The van der Waals surface area contributed by atoms with Crippen molar-refractivity contribution in [1.82, 2.24) is 4.31 Å². The molecule has 0 bridgehead atoms. The van der Waals surface area contributed by atoms with E-state index in [1.54, 1.807) is 0 Å². The molecule has 1 saturated heterocycles. The van der Waals surface area contributed by atoms with Crippen molar-refractivity contribution in [2.24, 2.45) is 5.14 Å². The minimum Gasteiger partial charge on any atom is -0.280 e. The minimum absolute atomic E-state index is 0.0762. The molecule has 0 aliphatic carbocycles. The third kappa shape index (κ3) is 5.09. The van der Waals surface area contributed by atoms with E-state index in [4.69, 9.17) is 5.14 Å². The van der Waals surface area contributed by atoms with E-state index < -0.39 is 30.1 Å². The summed E-state index contributed by atoms with van der Waals surface area (Å²) >= 11 is 0. The summed E-state index contributed by atoms with van der Waals surface area (Å²) in [5, 5.41) is 5.06. The fourth-order valence-corrected chi connectivity index (χ4v) is 7.34. The molecule has 2 aromatic carbocycles. The Labute approximate surface area is 183 Å². The van der Waals surface area contributed by atoms with Gasteiger partial charge in [0, 0.05) is 17.8 Å². The summed E-state index contributed by atoms with van der Waals surface area (Å²) in [6.45, 7) is 3.76. The van der Waals surface area contributed by atoms with Crippen LogP contribution in [0.5, 0.6) is 0 Å². The molecule has 1 fully saturated rings. The van der Waals surface area contributed by atoms with Crippen LogP contribution < -0.4 is 9.86 Å². The number of nitrogens with one attached hydrogen (secondary N) is 1. The monoisotopic (exact) mass is 487 g/mol. The van der Waals surface area contributed by atoms with Gasteiger partial charge in [-0.05, 0) is 69.2 Å². The summed E-state index contributed by atoms with van der Waals surface area (Å²) < 4.78 is 78.2. The maximum Gasteiger partial charge on any atom is 0.261 e. The zero-order valence-corrected chi connectivity index (χ0v) is 19.5. The normalized spacial score (nSPS) is 21.0. The minimum atomic E-state index is -4.11. The highest BCUT2D eigenvalue weighted by Crippen LogP contribution is 2.30. The average Bonchev–Trinajstić information content (AvgIpc) is 2.67. The summed E-state index contributed by atoms with van der Waals surface area (Å²) in [4.78, 5) is -0.541. The molecule has 1 heterocycles. The lowest BCUT2D eigenvalue weighted by molar-refractivity contribution is 0.204. The molecule has 0 radical (unpaired) electrons. The Hall–Kier alpha value is -1.99. The van der Waals surface area contributed by atoms with Gasteiger partial charge in [-0.15, -0.1) is 0 Å². The molecule has 0 saturated carbocycles. The molecular formula is C19H25N3O6S3. The summed E-state index contributed by atoms with van der Waals surface area (Å²) in [7, 11) is -11.9. The van der Waals surface area contributed by atoms with Crippen molar-refractivity contribution in [1.29, 1.82) is 0 Å². The van der Waals surface area contributed by atoms with Gasteiger partial charge in [0.05, 0.1) is 14.7 Å². The molecule has 12 heteroatoms. The number of sulfonamides is 3. The zero-order valence-electron chi connectivity index (χ0n) is 17.1. The van der Waals surface area contributed by atoms with E-state index in [0.29, 0.717) is 0 Å². The number of nitrogens with two attached hydrogens (primary N) is 1. The van der Waals surface area contributed by atoms with Crippen LogP contribution in [0.25, 0.3) is 0 Å². The molecule has 3 N–H and O–H groups in total. The lowest BCUT2D eigenvalue weighted by atomic mass is 10.0. The maximum absolute atomic E-state index is 13.1. The van der Waals surface area contributed by atoms with Crippen LogP contribution in [0.3, 0.4) is 0 Å². The van der Waals surface area contributed by atoms with Crippen LogP contribution >= 0.6 is 0 Å². The summed E-state index contributed by atoms with van der Waals surface area (Å²) in [6.07, 6.45) is 2.56. The second kappa shape index (κ2) is 8.51. The number of hydrogen-bond donors (Lipinski definition) is 2. The van der Waals surface area contributed by atoms with E-state index in [2.05, 4.69) is 4.72 Å². The van der Waals surface area contributed by atoms with Crippen LogP contribution in [0.4, 0.5) is 5.69 Å². The van der Waals surface area contributed by atoms with Crippen molar-refractivity contribution in [3.05, 3.63) is 48.5 Å². The molecule has 0 aromatic heterocycles. The van der Waals surface area contributed by atoms with Gasteiger partial charge in [-0.25, -0.2) is 30.4 Å². The first-order valence-corrected chi connectivity index (χ1v) is 14.1. The quantitative estimate of drug-likeness (QED) is 0.638. The summed E-state index contributed by atoms with van der Waals surface area (Å²) in [5.41, 5.74) is 0.139. The van der Waals surface area contributed by atoms with Gasteiger partial charge < -0.3 is 0 Å². The highest BCUT2D eigenvalue weighted by molar-refractivity contribution is 7.93. The van der Waals surface area contributed by atoms with Gasteiger partial charge in [-0.3, -0.25) is 4.72 Å². The van der Waals surface area contributed by atoms with Crippen LogP contribution in [-0.2, 0) is 30.1 Å². The maximum atomic E-state index is 13.1. The molecule has 1 aliphatic heterocycles. The van der Waals surface area contributed by atoms with E-state index in [0.717, 1.165) is 25.3 Å². The van der Waals surface area contributed by atoms with Crippen LogP contribution in [-0.4, -0.2) is 41.6 Å². The number of benzene rings is 2. The highest BCUT2D eigenvalue weighted by Gasteiger charge is 2.35. The smallest absolute Gasteiger partial charge is 0.261 e. The number of anilines is 1. The summed E-state index contributed by atoms with van der Waals surface area (Å²) in [5.74, 6) is 0. The Bertz CT molecular complexity index is 1260. The SMILES string of the molecule is CC1CCCC(C)N1S(=O)(=O)c1ccc(NS(=O)(=O)c2cccc(S(N)(=O)=O)c2)cc1. The first kappa shape index (κ1) is 23.7. The zero-order chi connectivity index (χ0) is 23.0. The Morgan fingerprint density at radius 3 is 1.94 bits per heavy atom. The second-order valence-electron chi connectivity index (χ2n) is 7.61. The van der Waals surface area contributed by atoms with E-state index in [1.807, 2.05) is 13.8 Å². The average molecular weight is 488 g/mol. The molecule has 2 atom stereocenters. The van der Waals surface area contributed by atoms with Crippen molar-refractivity contribution in [3.8, 4) is 0 Å². The van der Waals surface area contributed by atoms with E-state index in [9.17, 15) is 25.3 Å².